The molecule has 1 aliphatic carbocycles. The lowest BCUT2D eigenvalue weighted by Gasteiger charge is -2.39. The Morgan fingerprint density at radius 3 is 1.58 bits per heavy atom. The largest absolute Gasteiger partial charge is 0.463 e. The van der Waals surface area contributed by atoms with E-state index in [1.165, 1.54) is 11.1 Å². The second kappa shape index (κ2) is 19.1. The summed E-state index contributed by atoms with van der Waals surface area (Å²) >= 11 is 0. The first-order valence-electron chi connectivity index (χ1n) is 19.1. The van der Waals surface area contributed by atoms with Crippen LogP contribution in [0.3, 0.4) is 0 Å². The molecule has 2 saturated heterocycles. The summed E-state index contributed by atoms with van der Waals surface area (Å²) in [7, 11) is 0. The molecule has 10 nitrogen and oxygen atoms in total. The van der Waals surface area contributed by atoms with Gasteiger partial charge in [0.1, 0.15) is 25.4 Å². The van der Waals surface area contributed by atoms with Gasteiger partial charge in [0.15, 0.2) is 0 Å². The average molecular weight is 717 g/mol. The highest BCUT2D eigenvalue weighted by atomic mass is 16.5. The second-order valence-corrected chi connectivity index (χ2v) is 15.5. The van der Waals surface area contributed by atoms with Gasteiger partial charge in [0.2, 0.25) is 0 Å². The van der Waals surface area contributed by atoms with E-state index in [-0.39, 0.29) is 19.2 Å². The van der Waals surface area contributed by atoms with E-state index in [0.717, 1.165) is 65.4 Å². The smallest absolute Gasteiger partial charge is 0.312 e. The van der Waals surface area contributed by atoms with Crippen molar-refractivity contribution in [1.29, 1.82) is 0 Å². The van der Waals surface area contributed by atoms with Gasteiger partial charge in [-0.15, -0.1) is 0 Å². The molecule has 2 aliphatic heterocycles. The van der Waals surface area contributed by atoms with Crippen molar-refractivity contribution >= 4 is 24.1 Å². The highest BCUT2D eigenvalue weighted by molar-refractivity contribution is 5.82. The molecule has 2 heterocycles. The molecule has 284 valence electrons. The third-order valence-corrected chi connectivity index (χ3v) is 11.6. The van der Waals surface area contributed by atoms with Gasteiger partial charge in [0, 0.05) is 78.5 Å². The fraction of sp³-hybridized carbons (Fsp3) is 0.571. The zero-order valence-corrected chi connectivity index (χ0v) is 31.4. The van der Waals surface area contributed by atoms with E-state index in [1.54, 1.807) is 0 Å². The third kappa shape index (κ3) is 11.1. The van der Waals surface area contributed by atoms with Crippen LogP contribution in [0.15, 0.2) is 72.8 Å². The molecule has 2 N–H and O–H groups in total. The highest BCUT2D eigenvalue weighted by Gasteiger charge is 2.59. The molecular weight excluding hydrogens is 656 g/mol. The van der Waals surface area contributed by atoms with Crippen LogP contribution in [0, 0.1) is 16.7 Å². The van der Waals surface area contributed by atoms with Crippen LogP contribution in [0.4, 0.5) is 0 Å². The SMILES string of the molecule is CC1(C)[C@H](C(=O)OC[C@H](O)CN2CCN(C/C=C/c3ccccc3)CC2)CC[C@]1(C)C(=O)OC[C@H](O)CN1CCN(C/C=C/c2ccccc2)CC1. The maximum atomic E-state index is 13.5. The predicted molar refractivity (Wildman–Crippen MR) is 205 cm³/mol. The van der Waals surface area contributed by atoms with Gasteiger partial charge >= 0.3 is 11.9 Å². The molecule has 0 aromatic heterocycles. The summed E-state index contributed by atoms with van der Waals surface area (Å²) in [5.74, 6) is -1.27. The van der Waals surface area contributed by atoms with Crippen molar-refractivity contribution in [3.05, 3.63) is 83.9 Å². The summed E-state index contributed by atoms with van der Waals surface area (Å²) in [5, 5.41) is 21.5. The van der Waals surface area contributed by atoms with E-state index < -0.39 is 34.9 Å². The molecular formula is C42H60N4O6. The molecule has 3 fully saturated rings. The van der Waals surface area contributed by atoms with Gasteiger partial charge < -0.3 is 19.7 Å². The van der Waals surface area contributed by atoms with Gasteiger partial charge in [-0.1, -0.05) is 98.8 Å². The lowest BCUT2D eigenvalue weighted by molar-refractivity contribution is -0.168. The van der Waals surface area contributed by atoms with Gasteiger partial charge in [0.05, 0.1) is 11.3 Å². The number of carbonyl (C=O) groups excluding carboxylic acids is 2. The Bertz CT molecular complexity index is 1450. The molecule has 1 saturated carbocycles. The predicted octanol–water partition coefficient (Wildman–Crippen LogP) is 3.90. The Labute approximate surface area is 310 Å². The number of aliphatic hydroxyl groups is 2. The standard InChI is InChI=1S/C42H60N4O6/c1-41(2)38(39(49)51-32-36(47)30-45-26-22-43(23-27-45)20-10-16-34-12-6-4-7-13-34)18-19-42(41,3)40(50)52-33-37(48)31-46-28-24-44(25-29-46)21-11-17-35-14-8-5-9-15-35/h4-17,36-38,47-48H,18-33H2,1-3H3/b16-10+,17-11+/t36-,37-,38+,42-/m1/s1. The van der Waals surface area contributed by atoms with Gasteiger partial charge in [-0.05, 0) is 36.3 Å². The van der Waals surface area contributed by atoms with Crippen LogP contribution in [0.1, 0.15) is 44.7 Å². The van der Waals surface area contributed by atoms with Gasteiger partial charge in [-0.2, -0.15) is 0 Å². The molecule has 2 aromatic carbocycles. The van der Waals surface area contributed by atoms with E-state index in [1.807, 2.05) is 57.2 Å². The summed E-state index contributed by atoms with van der Waals surface area (Å²) in [6.45, 7) is 15.3. The first-order valence-corrected chi connectivity index (χ1v) is 19.1. The van der Waals surface area contributed by atoms with Crippen LogP contribution < -0.4 is 0 Å². The van der Waals surface area contributed by atoms with Crippen molar-refractivity contribution in [2.24, 2.45) is 16.7 Å². The number of benzene rings is 2. The molecule has 0 amide bonds. The number of β-amino-alcohol motifs (C(OH)–C–C–N with tert-alkyl or cyclic N) is 2. The molecule has 3 aliphatic rings. The Hall–Kier alpha value is -3.38. The summed E-state index contributed by atoms with van der Waals surface area (Å²) in [5.41, 5.74) is 0.774. The van der Waals surface area contributed by atoms with Crippen molar-refractivity contribution < 1.29 is 29.3 Å². The monoisotopic (exact) mass is 716 g/mol. The molecule has 0 unspecified atom stereocenters. The quantitative estimate of drug-likeness (QED) is 0.249. The lowest BCUT2D eigenvalue weighted by atomic mass is 9.65. The zero-order valence-electron chi connectivity index (χ0n) is 31.4. The topological polar surface area (TPSA) is 106 Å². The van der Waals surface area contributed by atoms with Crippen LogP contribution in [0.25, 0.3) is 12.2 Å². The fourth-order valence-electron chi connectivity index (χ4n) is 7.70. The van der Waals surface area contributed by atoms with Crippen LogP contribution >= 0.6 is 0 Å². The third-order valence-electron chi connectivity index (χ3n) is 11.6. The number of aliphatic hydroxyl groups excluding tert-OH is 2. The summed E-state index contributed by atoms with van der Waals surface area (Å²) in [4.78, 5) is 36.0. The van der Waals surface area contributed by atoms with E-state index in [9.17, 15) is 19.8 Å². The van der Waals surface area contributed by atoms with Crippen molar-refractivity contribution in [3.8, 4) is 0 Å². The number of hydrogen-bond donors (Lipinski definition) is 2. The van der Waals surface area contributed by atoms with E-state index in [2.05, 4.69) is 68.2 Å². The van der Waals surface area contributed by atoms with Crippen LogP contribution in [0.2, 0.25) is 0 Å². The Morgan fingerprint density at radius 2 is 1.12 bits per heavy atom. The Morgan fingerprint density at radius 1 is 0.692 bits per heavy atom. The summed E-state index contributed by atoms with van der Waals surface area (Å²) < 4.78 is 11.4. The first kappa shape index (κ1) is 39.8. The van der Waals surface area contributed by atoms with Crippen molar-refractivity contribution in [2.75, 3.05) is 91.8 Å². The number of ether oxygens (including phenoxy) is 2. The first-order chi connectivity index (χ1) is 25.0. The lowest BCUT2D eigenvalue weighted by Crippen LogP contribution is -2.49. The normalized spacial score (nSPS) is 24.7. The average Bonchev–Trinajstić information content (AvgIpc) is 3.40. The van der Waals surface area contributed by atoms with E-state index >= 15 is 0 Å². The van der Waals surface area contributed by atoms with E-state index in [4.69, 9.17) is 9.47 Å². The molecule has 5 rings (SSSR count). The van der Waals surface area contributed by atoms with Crippen LogP contribution in [0.5, 0.6) is 0 Å². The van der Waals surface area contributed by atoms with Crippen molar-refractivity contribution in [2.45, 2.75) is 45.8 Å². The maximum Gasteiger partial charge on any atom is 0.312 e. The summed E-state index contributed by atoms with van der Waals surface area (Å²) in [6, 6.07) is 20.5. The molecule has 0 bridgehead atoms. The molecule has 2 aromatic rings. The molecule has 10 heteroatoms. The zero-order chi connectivity index (χ0) is 37.0. The van der Waals surface area contributed by atoms with Crippen molar-refractivity contribution in [1.82, 2.24) is 19.6 Å². The van der Waals surface area contributed by atoms with Crippen LogP contribution in [-0.4, -0.2) is 146 Å². The molecule has 0 spiro atoms. The maximum absolute atomic E-state index is 13.5. The minimum Gasteiger partial charge on any atom is -0.463 e. The van der Waals surface area contributed by atoms with Gasteiger partial charge in [-0.3, -0.25) is 29.2 Å². The number of nitrogens with zero attached hydrogens (tertiary/aromatic N) is 4. The van der Waals surface area contributed by atoms with Crippen molar-refractivity contribution in [3.63, 3.8) is 0 Å². The fourth-order valence-corrected chi connectivity index (χ4v) is 7.70. The van der Waals surface area contributed by atoms with Crippen LogP contribution in [-0.2, 0) is 19.1 Å². The number of carbonyl (C=O) groups is 2. The highest BCUT2D eigenvalue weighted by Crippen LogP contribution is 2.57. The second-order valence-electron chi connectivity index (χ2n) is 15.5. The number of piperazine rings is 2. The number of hydrogen-bond acceptors (Lipinski definition) is 10. The number of esters is 2. The minimum absolute atomic E-state index is 0.0720. The molecule has 52 heavy (non-hydrogen) atoms. The van der Waals surface area contributed by atoms with E-state index in [0.29, 0.717) is 25.9 Å². The summed E-state index contributed by atoms with van der Waals surface area (Å²) in [6.07, 6.45) is 8.08. The molecule has 0 radical (unpaired) electrons. The van der Waals surface area contributed by atoms with Gasteiger partial charge in [-0.25, -0.2) is 0 Å². The Kier molecular flexibility index (Phi) is 14.6. The number of rotatable bonds is 16. The molecule has 4 atom stereocenters. The van der Waals surface area contributed by atoms with Gasteiger partial charge in [0.25, 0.3) is 0 Å². The minimum atomic E-state index is -0.899. The Balaban J connectivity index is 0.966.